The molecule has 0 bridgehead atoms. The number of aryl methyl sites for hydroxylation is 1. The first-order chi connectivity index (χ1) is 12.3. The molecule has 6 nitrogen and oxygen atoms in total. The van der Waals surface area contributed by atoms with Crippen LogP contribution in [0.25, 0.3) is 0 Å². The smallest absolute Gasteiger partial charge is 0.194 e. The molecule has 2 aliphatic rings. The van der Waals surface area contributed by atoms with Crippen LogP contribution in [-0.4, -0.2) is 59.0 Å². The van der Waals surface area contributed by atoms with Crippen LogP contribution in [0, 0.1) is 11.3 Å². The van der Waals surface area contributed by atoms with Gasteiger partial charge in [-0.2, -0.15) is 5.10 Å². The summed E-state index contributed by atoms with van der Waals surface area (Å²) < 4.78 is 7.66. The molecule has 154 valence electrons. The molecule has 1 aliphatic carbocycles. The highest BCUT2D eigenvalue weighted by Crippen LogP contribution is 2.51. The molecular weight excluding hydrogens is 453 g/mol. The lowest BCUT2D eigenvalue weighted by atomic mass is 9.56. The third-order valence-corrected chi connectivity index (χ3v) is 6.76. The Morgan fingerprint density at radius 3 is 2.70 bits per heavy atom. The van der Waals surface area contributed by atoms with Gasteiger partial charge in [-0.25, -0.2) is 0 Å². The lowest BCUT2D eigenvalue weighted by molar-refractivity contribution is -0.176. The Hall–Kier alpha value is -0.830. The second-order valence-electron chi connectivity index (χ2n) is 8.68. The Labute approximate surface area is 181 Å². The van der Waals surface area contributed by atoms with Crippen molar-refractivity contribution in [3.63, 3.8) is 0 Å². The first kappa shape index (κ1) is 22.5. The zero-order valence-corrected chi connectivity index (χ0v) is 20.0. The first-order valence-corrected chi connectivity index (χ1v) is 9.87. The number of halogens is 1. The van der Waals surface area contributed by atoms with E-state index in [0.717, 1.165) is 38.4 Å². The van der Waals surface area contributed by atoms with Crippen LogP contribution in [0.5, 0.6) is 0 Å². The van der Waals surface area contributed by atoms with E-state index >= 15 is 0 Å². The average molecular weight is 489 g/mol. The Bertz CT molecular complexity index is 659. The summed E-state index contributed by atoms with van der Waals surface area (Å²) in [4.78, 5) is 7.22. The van der Waals surface area contributed by atoms with Gasteiger partial charge in [-0.05, 0) is 44.6 Å². The van der Waals surface area contributed by atoms with Crippen molar-refractivity contribution in [2.45, 2.75) is 58.6 Å². The number of hydrogen-bond acceptors (Lipinski definition) is 3. The molecule has 27 heavy (non-hydrogen) atoms. The van der Waals surface area contributed by atoms with E-state index in [1.54, 1.807) is 0 Å². The van der Waals surface area contributed by atoms with Gasteiger partial charge in [-0.1, -0.05) is 13.8 Å². The number of guanidine groups is 1. The van der Waals surface area contributed by atoms with Gasteiger partial charge in [0.2, 0.25) is 0 Å². The minimum absolute atomic E-state index is 0. The molecule has 7 heteroatoms. The Morgan fingerprint density at radius 1 is 1.41 bits per heavy atom. The topological polar surface area (TPSA) is 54.7 Å². The molecule has 3 atom stereocenters. The van der Waals surface area contributed by atoms with Crippen LogP contribution in [0.1, 0.15) is 46.1 Å². The van der Waals surface area contributed by atoms with Crippen LogP contribution in [0.15, 0.2) is 17.4 Å². The van der Waals surface area contributed by atoms with Gasteiger partial charge in [-0.15, -0.1) is 24.0 Å². The van der Waals surface area contributed by atoms with Gasteiger partial charge in [-0.3, -0.25) is 9.67 Å². The van der Waals surface area contributed by atoms with Crippen molar-refractivity contribution in [3.8, 4) is 0 Å². The molecule has 1 aliphatic heterocycles. The fraction of sp³-hybridized carbons (Fsp3) is 0.800. The normalized spacial score (nSPS) is 30.0. The van der Waals surface area contributed by atoms with Gasteiger partial charge in [0.05, 0.1) is 11.8 Å². The predicted molar refractivity (Wildman–Crippen MR) is 121 cm³/mol. The van der Waals surface area contributed by atoms with E-state index in [0.29, 0.717) is 12.0 Å². The maximum Gasteiger partial charge on any atom is 0.194 e. The summed E-state index contributed by atoms with van der Waals surface area (Å²) in [5, 5.41) is 8.04. The van der Waals surface area contributed by atoms with Crippen LogP contribution in [0.2, 0.25) is 0 Å². The monoisotopic (exact) mass is 489 g/mol. The van der Waals surface area contributed by atoms with Gasteiger partial charge in [0.1, 0.15) is 0 Å². The summed E-state index contributed by atoms with van der Waals surface area (Å²) in [5.74, 6) is 1.74. The van der Waals surface area contributed by atoms with Crippen molar-refractivity contribution in [2.75, 3.05) is 26.7 Å². The highest BCUT2D eigenvalue weighted by molar-refractivity contribution is 14.0. The summed E-state index contributed by atoms with van der Waals surface area (Å²) in [6.07, 6.45) is 7.45. The highest BCUT2D eigenvalue weighted by Gasteiger charge is 2.58. The van der Waals surface area contributed by atoms with Crippen LogP contribution >= 0.6 is 24.0 Å². The fourth-order valence-corrected chi connectivity index (χ4v) is 4.37. The lowest BCUT2D eigenvalue weighted by Gasteiger charge is -2.59. The standard InChI is InChI=1S/C20H35N5O.HI/c1-7-21-18(23-17-11-20(4,26-6)19(17,2)3)25-9-8-15(14-25)10-16-12-22-24(5)13-16;/h12-13,15,17H,7-11,14H2,1-6H3,(H,21,23);1H. The van der Waals surface area contributed by atoms with E-state index in [1.165, 1.54) is 12.0 Å². The number of hydrogen-bond donors (Lipinski definition) is 1. The molecule has 2 fully saturated rings. The largest absolute Gasteiger partial charge is 0.378 e. The number of rotatable bonds is 5. The number of methoxy groups -OCH3 is 1. The fourth-order valence-electron chi connectivity index (χ4n) is 4.37. The van der Waals surface area contributed by atoms with Gasteiger partial charge in [0, 0.05) is 51.4 Å². The molecule has 0 spiro atoms. The minimum atomic E-state index is -0.0597. The van der Waals surface area contributed by atoms with Gasteiger partial charge < -0.3 is 15.0 Å². The number of aliphatic imine (C=N–C) groups is 1. The molecule has 1 saturated carbocycles. The first-order valence-electron chi connectivity index (χ1n) is 9.87. The van der Waals surface area contributed by atoms with Crippen molar-refractivity contribution in [1.82, 2.24) is 20.0 Å². The van der Waals surface area contributed by atoms with E-state index in [9.17, 15) is 0 Å². The summed E-state index contributed by atoms with van der Waals surface area (Å²) in [6, 6.07) is 0.398. The molecule has 3 unspecified atom stereocenters. The summed E-state index contributed by atoms with van der Waals surface area (Å²) in [5.41, 5.74) is 1.36. The molecule has 0 radical (unpaired) electrons. The molecule has 0 amide bonds. The second-order valence-corrected chi connectivity index (χ2v) is 8.68. The van der Waals surface area contributed by atoms with E-state index in [-0.39, 0.29) is 35.0 Å². The molecule has 3 rings (SSSR count). The Morgan fingerprint density at radius 2 is 2.15 bits per heavy atom. The molecule has 0 aromatic carbocycles. The van der Waals surface area contributed by atoms with Crippen molar-refractivity contribution in [3.05, 3.63) is 18.0 Å². The molecule has 1 saturated heterocycles. The average Bonchev–Trinajstić information content (AvgIpc) is 3.23. The van der Waals surface area contributed by atoms with E-state index in [4.69, 9.17) is 9.73 Å². The van der Waals surface area contributed by atoms with Gasteiger partial charge in [0.25, 0.3) is 0 Å². The van der Waals surface area contributed by atoms with Gasteiger partial charge >= 0.3 is 0 Å². The van der Waals surface area contributed by atoms with Gasteiger partial charge in [0.15, 0.2) is 5.96 Å². The number of nitrogens with zero attached hydrogens (tertiary/aromatic N) is 4. The molecule has 1 N–H and O–H groups in total. The molecule has 2 heterocycles. The third kappa shape index (κ3) is 4.44. The quantitative estimate of drug-likeness (QED) is 0.393. The Balaban J connectivity index is 0.00000261. The Kier molecular flexibility index (Phi) is 7.22. The van der Waals surface area contributed by atoms with Crippen molar-refractivity contribution < 1.29 is 4.74 Å². The van der Waals surface area contributed by atoms with Crippen LogP contribution < -0.4 is 5.32 Å². The van der Waals surface area contributed by atoms with Crippen molar-refractivity contribution >= 4 is 29.9 Å². The van der Waals surface area contributed by atoms with E-state index < -0.39 is 0 Å². The summed E-state index contributed by atoms with van der Waals surface area (Å²) in [7, 11) is 3.80. The molecular formula is C20H36IN5O. The third-order valence-electron chi connectivity index (χ3n) is 6.76. The molecule has 1 aromatic rings. The molecule has 1 aromatic heterocycles. The minimum Gasteiger partial charge on any atom is -0.378 e. The highest BCUT2D eigenvalue weighted by atomic mass is 127. The maximum absolute atomic E-state index is 5.77. The van der Waals surface area contributed by atoms with Crippen LogP contribution in [0.3, 0.4) is 0 Å². The zero-order valence-electron chi connectivity index (χ0n) is 17.7. The maximum atomic E-state index is 5.77. The summed E-state index contributed by atoms with van der Waals surface area (Å²) in [6.45, 7) is 11.8. The zero-order chi connectivity index (χ0) is 18.9. The second kappa shape index (κ2) is 8.68. The van der Waals surface area contributed by atoms with Crippen molar-refractivity contribution in [1.29, 1.82) is 0 Å². The van der Waals surface area contributed by atoms with E-state index in [1.807, 2.05) is 25.0 Å². The predicted octanol–water partition coefficient (Wildman–Crippen LogP) is 3.07. The lowest BCUT2D eigenvalue weighted by Crippen LogP contribution is -2.69. The van der Waals surface area contributed by atoms with E-state index in [2.05, 4.69) is 49.2 Å². The van der Waals surface area contributed by atoms with Crippen molar-refractivity contribution in [2.24, 2.45) is 23.4 Å². The van der Waals surface area contributed by atoms with Crippen LogP contribution in [-0.2, 0) is 18.2 Å². The number of likely N-dealkylation sites (tertiary alicyclic amines) is 1. The number of ether oxygens (including phenoxy) is 1. The number of nitrogens with one attached hydrogen (secondary N) is 1. The summed E-state index contributed by atoms with van der Waals surface area (Å²) >= 11 is 0. The number of aromatic nitrogens is 2. The van der Waals surface area contributed by atoms with Crippen LogP contribution in [0.4, 0.5) is 0 Å². The SMILES string of the molecule is CCN=C(NC1CC(C)(OC)C1(C)C)N1CCC(Cc2cnn(C)c2)C1.I.